The van der Waals surface area contributed by atoms with E-state index in [-0.39, 0.29) is 0 Å². The number of likely N-dealkylation sites (tertiary alicyclic amines) is 1. The van der Waals surface area contributed by atoms with Crippen molar-refractivity contribution in [2.24, 2.45) is 10.7 Å². The Morgan fingerprint density at radius 3 is 2.57 bits per heavy atom. The summed E-state index contributed by atoms with van der Waals surface area (Å²) in [4.78, 5) is 6.97. The van der Waals surface area contributed by atoms with Crippen LogP contribution in [0.2, 0.25) is 0 Å². The molecule has 1 heterocycles. The van der Waals surface area contributed by atoms with E-state index in [1.54, 1.807) is 0 Å². The maximum absolute atomic E-state index is 5.87. The van der Waals surface area contributed by atoms with E-state index in [4.69, 9.17) is 5.73 Å². The third-order valence-electron chi connectivity index (χ3n) is 3.91. The molecule has 0 aliphatic carbocycles. The van der Waals surface area contributed by atoms with Crippen LogP contribution in [0.3, 0.4) is 0 Å². The van der Waals surface area contributed by atoms with Gasteiger partial charge in [0.15, 0.2) is 5.96 Å². The van der Waals surface area contributed by atoms with Gasteiger partial charge in [-0.1, -0.05) is 31.0 Å². The first-order valence-corrected chi connectivity index (χ1v) is 8.19. The lowest BCUT2D eigenvalue weighted by Crippen LogP contribution is -2.30. The summed E-state index contributed by atoms with van der Waals surface area (Å²) in [6.45, 7) is 4.66. The molecule has 4 heteroatoms. The molecule has 0 amide bonds. The molecular weight excluding hydrogens is 260 g/mol. The van der Waals surface area contributed by atoms with Gasteiger partial charge in [0.1, 0.15) is 0 Å². The Balaban J connectivity index is 1.53. The molecule has 0 bridgehead atoms. The fourth-order valence-corrected chi connectivity index (χ4v) is 2.72. The van der Waals surface area contributed by atoms with Gasteiger partial charge in [-0.2, -0.15) is 0 Å². The van der Waals surface area contributed by atoms with Gasteiger partial charge in [-0.15, -0.1) is 0 Å². The fourth-order valence-electron chi connectivity index (χ4n) is 2.72. The normalized spacial score (nSPS) is 16.9. The van der Waals surface area contributed by atoms with Crippen LogP contribution in [0, 0.1) is 0 Å². The van der Waals surface area contributed by atoms with Crippen LogP contribution in [0.15, 0.2) is 35.3 Å². The Hall–Kier alpha value is -1.55. The zero-order chi connectivity index (χ0) is 14.8. The summed E-state index contributed by atoms with van der Waals surface area (Å²) in [5, 5.41) is 3.10. The van der Waals surface area contributed by atoms with Gasteiger partial charge in [0.2, 0.25) is 0 Å². The Morgan fingerprint density at radius 1 is 1.05 bits per heavy atom. The maximum Gasteiger partial charge on any atom is 0.193 e. The molecule has 0 aromatic heterocycles. The van der Waals surface area contributed by atoms with E-state index in [0.29, 0.717) is 5.96 Å². The van der Waals surface area contributed by atoms with Crippen molar-refractivity contribution < 1.29 is 0 Å². The smallest absolute Gasteiger partial charge is 0.193 e. The average molecular weight is 288 g/mol. The Kier molecular flexibility index (Phi) is 7.08. The predicted molar refractivity (Wildman–Crippen MR) is 90.7 cm³/mol. The molecule has 1 aromatic rings. The summed E-state index contributed by atoms with van der Waals surface area (Å²) in [6, 6.07) is 9.93. The van der Waals surface area contributed by atoms with E-state index >= 15 is 0 Å². The minimum atomic E-state index is 0.511. The molecule has 0 radical (unpaired) electrons. The summed E-state index contributed by atoms with van der Waals surface area (Å²) < 4.78 is 0. The van der Waals surface area contributed by atoms with E-state index in [9.17, 15) is 0 Å². The highest BCUT2D eigenvalue weighted by Crippen LogP contribution is 2.10. The molecule has 1 fully saturated rings. The molecule has 0 spiro atoms. The highest BCUT2D eigenvalue weighted by molar-refractivity contribution is 5.92. The number of rotatable bonds is 7. The van der Waals surface area contributed by atoms with Crippen molar-refractivity contribution in [3.63, 3.8) is 0 Å². The predicted octanol–water partition coefficient (Wildman–Crippen LogP) is 3.07. The van der Waals surface area contributed by atoms with Gasteiger partial charge in [-0.05, 0) is 57.5 Å². The van der Waals surface area contributed by atoms with Crippen LogP contribution in [0.5, 0.6) is 0 Å². The molecule has 0 saturated carbocycles. The molecule has 1 saturated heterocycles. The number of nitrogens with zero attached hydrogens (tertiary/aromatic N) is 2. The molecule has 0 atom stereocenters. The van der Waals surface area contributed by atoms with Gasteiger partial charge in [0.25, 0.3) is 0 Å². The van der Waals surface area contributed by atoms with Crippen LogP contribution < -0.4 is 11.1 Å². The van der Waals surface area contributed by atoms with Crippen molar-refractivity contribution in [1.82, 2.24) is 4.90 Å². The SMILES string of the molecule is NC(=NCCCCCN1CCCCC1)Nc1ccccc1. The number of benzene rings is 1. The van der Waals surface area contributed by atoms with Crippen molar-refractivity contribution in [2.75, 3.05) is 31.5 Å². The summed E-state index contributed by atoms with van der Waals surface area (Å²) >= 11 is 0. The van der Waals surface area contributed by atoms with Crippen molar-refractivity contribution >= 4 is 11.6 Å². The Labute approximate surface area is 128 Å². The fraction of sp³-hybridized carbons (Fsp3) is 0.588. The highest BCUT2D eigenvalue weighted by atomic mass is 15.1. The molecule has 3 N–H and O–H groups in total. The Bertz CT molecular complexity index is 410. The van der Waals surface area contributed by atoms with Gasteiger partial charge >= 0.3 is 0 Å². The van der Waals surface area contributed by atoms with Crippen LogP contribution in [-0.2, 0) is 0 Å². The number of piperidine rings is 1. The van der Waals surface area contributed by atoms with E-state index in [2.05, 4.69) is 15.2 Å². The van der Waals surface area contributed by atoms with Crippen molar-refractivity contribution in [3.05, 3.63) is 30.3 Å². The molecular formula is C17H28N4. The summed E-state index contributed by atoms with van der Waals surface area (Å²) in [5.74, 6) is 0.511. The molecule has 21 heavy (non-hydrogen) atoms. The third kappa shape index (κ3) is 6.63. The molecule has 116 valence electrons. The first-order valence-electron chi connectivity index (χ1n) is 8.19. The number of hydrogen-bond donors (Lipinski definition) is 2. The highest BCUT2D eigenvalue weighted by Gasteiger charge is 2.08. The molecule has 1 aliphatic rings. The minimum absolute atomic E-state index is 0.511. The number of hydrogen-bond acceptors (Lipinski definition) is 2. The number of guanidine groups is 1. The topological polar surface area (TPSA) is 53.6 Å². The van der Waals surface area contributed by atoms with Crippen molar-refractivity contribution in [1.29, 1.82) is 0 Å². The van der Waals surface area contributed by atoms with Gasteiger partial charge in [-0.3, -0.25) is 4.99 Å². The summed E-state index contributed by atoms with van der Waals surface area (Å²) in [6.07, 6.45) is 7.81. The third-order valence-corrected chi connectivity index (χ3v) is 3.91. The summed E-state index contributed by atoms with van der Waals surface area (Å²) in [5.41, 5.74) is 6.86. The quantitative estimate of drug-likeness (QED) is 0.460. The second-order valence-electron chi connectivity index (χ2n) is 5.72. The number of nitrogens with two attached hydrogens (primary N) is 1. The first kappa shape index (κ1) is 15.8. The van der Waals surface area contributed by atoms with Crippen LogP contribution >= 0.6 is 0 Å². The van der Waals surface area contributed by atoms with Gasteiger partial charge in [0.05, 0.1) is 0 Å². The number of unbranched alkanes of at least 4 members (excludes halogenated alkanes) is 2. The van der Waals surface area contributed by atoms with Gasteiger partial charge in [0, 0.05) is 12.2 Å². The molecule has 2 rings (SSSR count). The molecule has 1 aliphatic heterocycles. The van der Waals surface area contributed by atoms with Gasteiger partial charge < -0.3 is 16.0 Å². The van der Waals surface area contributed by atoms with E-state index in [0.717, 1.165) is 18.7 Å². The van der Waals surface area contributed by atoms with E-state index < -0.39 is 0 Å². The monoisotopic (exact) mass is 288 g/mol. The lowest BCUT2D eigenvalue weighted by atomic mass is 10.1. The standard InChI is InChI=1S/C17H28N4/c18-17(20-16-10-4-1-5-11-16)19-12-6-2-7-13-21-14-8-3-9-15-21/h1,4-5,10-11H,2-3,6-9,12-15H2,(H3,18,19,20). The second-order valence-corrected chi connectivity index (χ2v) is 5.72. The Morgan fingerprint density at radius 2 is 1.81 bits per heavy atom. The number of anilines is 1. The summed E-state index contributed by atoms with van der Waals surface area (Å²) in [7, 11) is 0. The second kappa shape index (κ2) is 9.40. The molecule has 4 nitrogen and oxygen atoms in total. The lowest BCUT2D eigenvalue weighted by Gasteiger charge is -2.26. The van der Waals surface area contributed by atoms with E-state index in [1.807, 2.05) is 30.3 Å². The maximum atomic E-state index is 5.87. The zero-order valence-electron chi connectivity index (χ0n) is 12.9. The van der Waals surface area contributed by atoms with Crippen molar-refractivity contribution in [3.8, 4) is 0 Å². The number of nitrogens with one attached hydrogen (secondary N) is 1. The number of para-hydroxylation sites is 1. The van der Waals surface area contributed by atoms with Crippen LogP contribution in [0.1, 0.15) is 38.5 Å². The average Bonchev–Trinajstić information content (AvgIpc) is 2.53. The first-order chi connectivity index (χ1) is 10.3. The van der Waals surface area contributed by atoms with Crippen LogP contribution in [0.25, 0.3) is 0 Å². The van der Waals surface area contributed by atoms with E-state index in [1.165, 1.54) is 51.7 Å². The number of aliphatic imine (C=N–C) groups is 1. The lowest BCUT2D eigenvalue weighted by molar-refractivity contribution is 0.224. The zero-order valence-corrected chi connectivity index (χ0v) is 12.9. The van der Waals surface area contributed by atoms with Gasteiger partial charge in [-0.25, -0.2) is 0 Å². The molecule has 1 aromatic carbocycles. The largest absolute Gasteiger partial charge is 0.370 e. The van der Waals surface area contributed by atoms with Crippen molar-refractivity contribution in [2.45, 2.75) is 38.5 Å². The van der Waals surface area contributed by atoms with Crippen LogP contribution in [-0.4, -0.2) is 37.0 Å². The van der Waals surface area contributed by atoms with Crippen LogP contribution in [0.4, 0.5) is 5.69 Å². The minimum Gasteiger partial charge on any atom is -0.370 e. The molecule has 0 unspecified atom stereocenters.